The first kappa shape index (κ1) is 19.4. The summed E-state index contributed by atoms with van der Waals surface area (Å²) in [5.41, 5.74) is 2.38. The number of carbonyl (C=O) groups excluding carboxylic acids is 1. The molecule has 0 aliphatic carbocycles. The Morgan fingerprint density at radius 1 is 1.26 bits per heavy atom. The van der Waals surface area contributed by atoms with Crippen molar-refractivity contribution in [3.05, 3.63) is 59.4 Å². The van der Waals surface area contributed by atoms with Crippen molar-refractivity contribution in [3.63, 3.8) is 0 Å². The molecule has 1 aromatic heterocycles. The third-order valence-corrected chi connectivity index (χ3v) is 5.25. The molecule has 5 nitrogen and oxygen atoms in total. The van der Waals surface area contributed by atoms with Gasteiger partial charge in [-0.2, -0.15) is 0 Å². The summed E-state index contributed by atoms with van der Waals surface area (Å²) in [6.45, 7) is 9.28. The maximum absolute atomic E-state index is 13.2. The van der Waals surface area contributed by atoms with Crippen molar-refractivity contribution in [1.82, 2.24) is 19.8 Å². The van der Waals surface area contributed by atoms with E-state index in [0.717, 1.165) is 31.6 Å². The van der Waals surface area contributed by atoms with Gasteiger partial charge >= 0.3 is 0 Å². The van der Waals surface area contributed by atoms with E-state index in [2.05, 4.69) is 28.7 Å². The number of rotatable bonds is 4. The second-order valence-electron chi connectivity index (χ2n) is 7.53. The van der Waals surface area contributed by atoms with Crippen LogP contribution in [0.15, 0.2) is 36.8 Å². The highest BCUT2D eigenvalue weighted by atomic mass is 19.1. The summed E-state index contributed by atoms with van der Waals surface area (Å²) in [6, 6.07) is 6.93. The Labute approximate surface area is 160 Å². The molecular weight excluding hydrogens is 343 g/mol. The van der Waals surface area contributed by atoms with Crippen LogP contribution in [0, 0.1) is 18.7 Å². The van der Waals surface area contributed by atoms with Crippen LogP contribution >= 0.6 is 0 Å². The number of hydrogen-bond acceptors (Lipinski definition) is 4. The van der Waals surface area contributed by atoms with Gasteiger partial charge in [0, 0.05) is 38.4 Å². The summed E-state index contributed by atoms with van der Waals surface area (Å²) < 4.78 is 13.2. The minimum absolute atomic E-state index is 0.00221. The Morgan fingerprint density at radius 2 is 2.00 bits per heavy atom. The highest BCUT2D eigenvalue weighted by molar-refractivity contribution is 5.94. The number of carbonyl (C=O) groups is 1. The summed E-state index contributed by atoms with van der Waals surface area (Å²) in [5, 5.41) is 0. The van der Waals surface area contributed by atoms with Gasteiger partial charge in [-0.15, -0.1) is 0 Å². The van der Waals surface area contributed by atoms with Crippen molar-refractivity contribution in [3.8, 4) is 0 Å². The molecule has 2 heterocycles. The quantitative estimate of drug-likeness (QED) is 0.829. The van der Waals surface area contributed by atoms with E-state index >= 15 is 0 Å². The lowest BCUT2D eigenvalue weighted by Crippen LogP contribution is -2.45. The molecule has 0 unspecified atom stereocenters. The van der Waals surface area contributed by atoms with Gasteiger partial charge in [0.2, 0.25) is 0 Å². The van der Waals surface area contributed by atoms with Crippen LogP contribution in [0.1, 0.15) is 41.9 Å². The molecule has 0 spiro atoms. The van der Waals surface area contributed by atoms with Crippen LogP contribution < -0.4 is 0 Å². The van der Waals surface area contributed by atoms with Crippen LogP contribution in [0.4, 0.5) is 4.39 Å². The first-order valence-electron chi connectivity index (χ1n) is 9.50. The molecule has 27 heavy (non-hydrogen) atoms. The van der Waals surface area contributed by atoms with Crippen LogP contribution in [0.2, 0.25) is 0 Å². The molecule has 3 rings (SSSR count). The molecule has 1 aromatic carbocycles. The molecule has 1 aliphatic heterocycles. The van der Waals surface area contributed by atoms with Gasteiger partial charge in [0.15, 0.2) is 0 Å². The van der Waals surface area contributed by atoms with Gasteiger partial charge in [0.05, 0.1) is 11.3 Å². The molecular formula is C21H27FN4O. The lowest BCUT2D eigenvalue weighted by molar-refractivity contribution is 0.0700. The van der Waals surface area contributed by atoms with Gasteiger partial charge in [-0.3, -0.25) is 9.69 Å². The number of amides is 1. The molecule has 0 bridgehead atoms. The molecule has 0 radical (unpaired) electrons. The fraction of sp³-hybridized carbons (Fsp3) is 0.476. The van der Waals surface area contributed by atoms with Crippen LogP contribution in [0.3, 0.4) is 0 Å². The molecule has 1 amide bonds. The number of benzene rings is 1. The number of aryl methyl sites for hydroxylation is 1. The lowest BCUT2D eigenvalue weighted by atomic mass is 10.0. The molecule has 0 saturated carbocycles. The zero-order valence-electron chi connectivity index (χ0n) is 16.2. The van der Waals surface area contributed by atoms with E-state index in [1.54, 1.807) is 6.20 Å². The number of hydrogen-bond donors (Lipinski definition) is 0. The topological polar surface area (TPSA) is 49.3 Å². The Bertz CT molecular complexity index is 778. The summed E-state index contributed by atoms with van der Waals surface area (Å²) >= 11 is 0. The maximum Gasteiger partial charge on any atom is 0.257 e. The fourth-order valence-corrected chi connectivity index (χ4v) is 3.67. The average Bonchev–Trinajstić information content (AvgIpc) is 2.86. The number of halogens is 1. The maximum atomic E-state index is 13.2. The van der Waals surface area contributed by atoms with Crippen molar-refractivity contribution in [1.29, 1.82) is 0 Å². The highest BCUT2D eigenvalue weighted by Gasteiger charge is 2.30. The van der Waals surface area contributed by atoms with Crippen LogP contribution in [0.25, 0.3) is 0 Å². The van der Waals surface area contributed by atoms with Gasteiger partial charge < -0.3 is 4.90 Å². The van der Waals surface area contributed by atoms with Gasteiger partial charge in [0.25, 0.3) is 5.91 Å². The monoisotopic (exact) mass is 370 g/mol. The van der Waals surface area contributed by atoms with E-state index in [1.807, 2.05) is 24.0 Å². The van der Waals surface area contributed by atoms with E-state index < -0.39 is 0 Å². The molecule has 144 valence electrons. The molecule has 2 aromatic rings. The van der Waals surface area contributed by atoms with Crippen molar-refractivity contribution in [2.45, 2.75) is 39.8 Å². The smallest absolute Gasteiger partial charge is 0.257 e. The SMILES string of the molecule is Cc1ncncc1C(=O)N1CCCN(Cc2ccc(F)cc2)[C@@H](C(C)C)C1. The number of nitrogens with zero attached hydrogens (tertiary/aromatic N) is 4. The van der Waals surface area contributed by atoms with Gasteiger partial charge in [0.1, 0.15) is 12.1 Å². The van der Waals surface area contributed by atoms with Gasteiger partial charge in [-0.25, -0.2) is 14.4 Å². The van der Waals surface area contributed by atoms with Crippen LogP contribution in [-0.4, -0.2) is 51.4 Å². The standard InChI is InChI=1S/C21H27FN4O/c1-15(2)20-13-26(21(27)19-11-23-14-24-16(19)3)10-4-9-25(20)12-17-5-7-18(22)8-6-17/h5-8,11,14-15,20H,4,9-10,12-13H2,1-3H3/t20-/m1/s1. The van der Waals surface area contributed by atoms with E-state index in [1.165, 1.54) is 18.5 Å². The second kappa shape index (κ2) is 8.57. The first-order chi connectivity index (χ1) is 13.0. The van der Waals surface area contributed by atoms with E-state index in [9.17, 15) is 9.18 Å². The second-order valence-corrected chi connectivity index (χ2v) is 7.53. The summed E-state index contributed by atoms with van der Waals surface area (Å²) in [4.78, 5) is 25.5. The Kier molecular flexibility index (Phi) is 6.16. The molecule has 1 fully saturated rings. The summed E-state index contributed by atoms with van der Waals surface area (Å²) in [7, 11) is 0. The Morgan fingerprint density at radius 3 is 2.67 bits per heavy atom. The predicted molar refractivity (Wildman–Crippen MR) is 103 cm³/mol. The highest BCUT2D eigenvalue weighted by Crippen LogP contribution is 2.21. The van der Waals surface area contributed by atoms with Crippen LogP contribution in [-0.2, 0) is 6.54 Å². The summed E-state index contributed by atoms with van der Waals surface area (Å²) in [5.74, 6) is 0.182. The van der Waals surface area contributed by atoms with Crippen molar-refractivity contribution in [2.24, 2.45) is 5.92 Å². The normalized spacial score (nSPS) is 18.6. The molecule has 1 saturated heterocycles. The van der Waals surface area contributed by atoms with Crippen molar-refractivity contribution in [2.75, 3.05) is 19.6 Å². The van der Waals surface area contributed by atoms with Crippen LogP contribution in [0.5, 0.6) is 0 Å². The lowest BCUT2D eigenvalue weighted by Gasteiger charge is -2.34. The van der Waals surface area contributed by atoms with E-state index in [0.29, 0.717) is 23.7 Å². The third-order valence-electron chi connectivity index (χ3n) is 5.25. The Balaban J connectivity index is 1.77. The molecule has 1 atom stereocenters. The number of aromatic nitrogens is 2. The van der Waals surface area contributed by atoms with E-state index in [-0.39, 0.29) is 17.8 Å². The van der Waals surface area contributed by atoms with Crippen molar-refractivity contribution < 1.29 is 9.18 Å². The zero-order valence-corrected chi connectivity index (χ0v) is 16.2. The largest absolute Gasteiger partial charge is 0.337 e. The minimum atomic E-state index is -0.216. The predicted octanol–water partition coefficient (Wildman–Crippen LogP) is 3.30. The average molecular weight is 370 g/mol. The Hall–Kier alpha value is -2.34. The summed E-state index contributed by atoms with van der Waals surface area (Å²) in [6.07, 6.45) is 3.98. The van der Waals surface area contributed by atoms with Gasteiger partial charge in [-0.1, -0.05) is 26.0 Å². The minimum Gasteiger partial charge on any atom is -0.337 e. The first-order valence-corrected chi connectivity index (χ1v) is 9.50. The third kappa shape index (κ3) is 4.69. The molecule has 6 heteroatoms. The van der Waals surface area contributed by atoms with Crippen molar-refractivity contribution >= 4 is 5.91 Å². The zero-order chi connectivity index (χ0) is 19.4. The fourth-order valence-electron chi connectivity index (χ4n) is 3.67. The van der Waals surface area contributed by atoms with Gasteiger partial charge in [-0.05, 0) is 37.0 Å². The molecule has 0 N–H and O–H groups in total. The molecule has 1 aliphatic rings. The van der Waals surface area contributed by atoms with E-state index in [4.69, 9.17) is 0 Å².